The van der Waals surface area contributed by atoms with Crippen LogP contribution in [0.2, 0.25) is 0 Å². The third kappa shape index (κ3) is 4.89. The van der Waals surface area contributed by atoms with Crippen LogP contribution in [0.3, 0.4) is 0 Å². The molecule has 0 atom stereocenters. The molecule has 5 heteroatoms. The van der Waals surface area contributed by atoms with Crippen LogP contribution in [0, 0.1) is 0 Å². The molecule has 60 heavy (non-hydrogen) atoms. The van der Waals surface area contributed by atoms with Crippen LogP contribution in [0.5, 0.6) is 11.5 Å². The van der Waals surface area contributed by atoms with Crippen molar-refractivity contribution >= 4 is 83.3 Å². The smallest absolute Gasteiger partial charge is 0.256 e. The first-order chi connectivity index (χ1) is 28.6. The zero-order valence-corrected chi connectivity index (χ0v) is 36.0. The molecule has 0 radical (unpaired) electrons. The lowest BCUT2D eigenvalue weighted by Gasteiger charge is -2.35. The number of aromatic nitrogens is 3. The molecule has 10 aromatic rings. The van der Waals surface area contributed by atoms with Crippen molar-refractivity contribution in [2.75, 3.05) is 0 Å². The summed E-state index contributed by atoms with van der Waals surface area (Å²) in [4.78, 5) is 5.19. The van der Waals surface area contributed by atoms with E-state index in [1.54, 1.807) is 0 Å². The number of pyridine rings is 1. The van der Waals surface area contributed by atoms with E-state index in [9.17, 15) is 0 Å². The molecule has 3 aromatic heterocycles. The van der Waals surface area contributed by atoms with Crippen LogP contribution in [0.25, 0.3) is 77.0 Å². The van der Waals surface area contributed by atoms with Gasteiger partial charge in [0, 0.05) is 32.7 Å². The topological polar surface area (TPSA) is 31.5 Å². The molecular formula is C55H48BN3O. The van der Waals surface area contributed by atoms with Gasteiger partial charge >= 0.3 is 0 Å². The lowest BCUT2D eigenvalue weighted by atomic mass is 9.34. The van der Waals surface area contributed by atoms with Gasteiger partial charge in [0.05, 0.1) is 22.1 Å². The number of hydrogen-bond donors (Lipinski definition) is 0. The van der Waals surface area contributed by atoms with Gasteiger partial charge in [-0.1, -0.05) is 135 Å². The number of benzene rings is 7. The lowest BCUT2D eigenvalue weighted by Crippen LogP contribution is -2.58. The first-order valence-corrected chi connectivity index (χ1v) is 21.5. The maximum atomic E-state index is 7.15. The van der Waals surface area contributed by atoms with Gasteiger partial charge in [0.25, 0.3) is 6.71 Å². The Morgan fingerprint density at radius 1 is 0.483 bits per heavy atom. The second kappa shape index (κ2) is 11.7. The first kappa shape index (κ1) is 35.6. The Bertz CT molecular complexity index is 3530. The molecule has 0 amide bonds. The molecule has 0 N–H and O–H groups in total. The van der Waals surface area contributed by atoms with E-state index in [0.717, 1.165) is 50.2 Å². The minimum Gasteiger partial charge on any atom is -0.458 e. The summed E-state index contributed by atoms with van der Waals surface area (Å²) in [5.41, 5.74) is 18.0. The van der Waals surface area contributed by atoms with Crippen molar-refractivity contribution in [2.24, 2.45) is 0 Å². The van der Waals surface area contributed by atoms with Gasteiger partial charge in [0.2, 0.25) is 0 Å². The molecule has 7 aromatic carbocycles. The number of ether oxygens (including phenoxy) is 1. The van der Waals surface area contributed by atoms with E-state index < -0.39 is 0 Å². The van der Waals surface area contributed by atoms with E-state index in [4.69, 9.17) is 9.72 Å². The molecule has 0 spiro atoms. The fourth-order valence-electron chi connectivity index (χ4n) is 10.3. The van der Waals surface area contributed by atoms with E-state index in [1.807, 2.05) is 0 Å². The highest BCUT2D eigenvalue weighted by Crippen LogP contribution is 2.43. The number of imidazole rings is 1. The molecular weight excluding hydrogens is 729 g/mol. The average Bonchev–Trinajstić information content (AvgIpc) is 3.78. The summed E-state index contributed by atoms with van der Waals surface area (Å²) in [5.74, 6) is 1.86. The molecule has 4 nitrogen and oxygen atoms in total. The van der Waals surface area contributed by atoms with Gasteiger partial charge in [-0.05, 0) is 120 Å². The predicted molar refractivity (Wildman–Crippen MR) is 255 cm³/mol. The standard InChI is InChI=1S/C55H48BN3O/c1-53(2,3)33-19-22-44-39(27-33)40-28-35(55(7,8)9)30-42-51(40)58(44)47-25-32(26-49-50(47)56(42)41-29-34(54(4,5)6)20-23-48(41)60-49)31-18-21-37-36-14-10-11-15-38(36)52-57-43-16-12-13-17-45(43)59(52)46(37)24-31/h10-30H,1-9H3. The minimum absolute atomic E-state index is 0.00904. The van der Waals surface area contributed by atoms with Crippen molar-refractivity contribution in [2.45, 2.75) is 78.6 Å². The summed E-state index contributed by atoms with van der Waals surface area (Å²) in [6.45, 7) is 20.9. The predicted octanol–water partition coefficient (Wildman–Crippen LogP) is 12.4. The van der Waals surface area contributed by atoms with Crippen LogP contribution in [0.4, 0.5) is 0 Å². The van der Waals surface area contributed by atoms with E-state index in [1.165, 1.54) is 71.3 Å². The number of fused-ring (bicyclic) bond motifs is 15. The van der Waals surface area contributed by atoms with E-state index in [0.29, 0.717) is 0 Å². The summed E-state index contributed by atoms with van der Waals surface area (Å²) in [5, 5.41) is 6.20. The summed E-state index contributed by atoms with van der Waals surface area (Å²) in [6.07, 6.45) is 0. The lowest BCUT2D eigenvalue weighted by molar-refractivity contribution is 0.486. The van der Waals surface area contributed by atoms with Crippen molar-refractivity contribution in [3.8, 4) is 28.3 Å². The Morgan fingerprint density at radius 2 is 1.17 bits per heavy atom. The molecule has 0 fully saturated rings. The van der Waals surface area contributed by atoms with Gasteiger partial charge in [-0.2, -0.15) is 0 Å². The first-order valence-electron chi connectivity index (χ1n) is 21.5. The largest absolute Gasteiger partial charge is 0.458 e. The number of rotatable bonds is 1. The Labute approximate surface area is 351 Å². The third-order valence-electron chi connectivity index (χ3n) is 13.6. The van der Waals surface area contributed by atoms with Crippen LogP contribution in [0.15, 0.2) is 127 Å². The van der Waals surface area contributed by atoms with Crippen molar-refractivity contribution in [3.63, 3.8) is 0 Å². The normalized spacial score (nSPS) is 13.8. The second-order valence-electron chi connectivity index (χ2n) is 20.5. The van der Waals surface area contributed by atoms with Gasteiger partial charge in [0.15, 0.2) is 0 Å². The van der Waals surface area contributed by atoms with Gasteiger partial charge in [-0.3, -0.25) is 4.40 Å². The van der Waals surface area contributed by atoms with Crippen molar-refractivity contribution < 1.29 is 4.74 Å². The number of nitrogens with zero attached hydrogens (tertiary/aromatic N) is 3. The Morgan fingerprint density at radius 3 is 1.95 bits per heavy atom. The highest BCUT2D eigenvalue weighted by atomic mass is 16.5. The van der Waals surface area contributed by atoms with Gasteiger partial charge in [-0.25, -0.2) is 4.98 Å². The zero-order valence-electron chi connectivity index (χ0n) is 36.0. The Kier molecular flexibility index (Phi) is 6.94. The van der Waals surface area contributed by atoms with Crippen LogP contribution < -0.4 is 21.1 Å². The fourth-order valence-corrected chi connectivity index (χ4v) is 10.3. The van der Waals surface area contributed by atoms with E-state index in [2.05, 4.69) is 199 Å². The highest BCUT2D eigenvalue weighted by molar-refractivity contribution is 6.99. The maximum Gasteiger partial charge on any atom is 0.256 e. The number of para-hydroxylation sites is 2. The minimum atomic E-state index is -0.0393. The van der Waals surface area contributed by atoms with Crippen LogP contribution in [-0.4, -0.2) is 20.7 Å². The summed E-state index contributed by atoms with van der Waals surface area (Å²) in [6, 6.07) is 48.0. The molecule has 0 saturated heterocycles. The molecule has 5 heterocycles. The van der Waals surface area contributed by atoms with Gasteiger partial charge < -0.3 is 9.30 Å². The van der Waals surface area contributed by atoms with Crippen LogP contribution in [0.1, 0.15) is 79.0 Å². The third-order valence-corrected chi connectivity index (χ3v) is 13.6. The quantitative estimate of drug-likeness (QED) is 0.123. The second-order valence-corrected chi connectivity index (χ2v) is 20.5. The van der Waals surface area contributed by atoms with E-state index >= 15 is 0 Å². The number of hydrogen-bond acceptors (Lipinski definition) is 2. The molecule has 0 unspecified atom stereocenters. The highest BCUT2D eigenvalue weighted by Gasteiger charge is 2.42. The zero-order chi connectivity index (χ0) is 41.2. The Hall–Kier alpha value is -6.33. The molecule has 2 aliphatic rings. The Balaban J connectivity index is 1.20. The monoisotopic (exact) mass is 777 g/mol. The van der Waals surface area contributed by atoms with Crippen molar-refractivity contribution in [1.82, 2.24) is 14.0 Å². The fraction of sp³-hybridized carbons (Fsp3) is 0.218. The maximum absolute atomic E-state index is 7.15. The van der Waals surface area contributed by atoms with Crippen LogP contribution in [-0.2, 0) is 16.2 Å². The SMILES string of the molecule is CC(C)(C)c1ccc2c(c1)B1c3c(cc(-c4ccc5c6ccccc6c6nc7ccccc7n6c5c4)cc3-n3c4ccc(C(C)(C)C)cc4c4cc(C(C)(C)C)cc1c43)O2. The summed E-state index contributed by atoms with van der Waals surface area (Å²) >= 11 is 0. The molecule has 0 saturated carbocycles. The summed E-state index contributed by atoms with van der Waals surface area (Å²) in [7, 11) is 0. The summed E-state index contributed by atoms with van der Waals surface area (Å²) < 4.78 is 12.1. The van der Waals surface area contributed by atoms with Crippen molar-refractivity contribution in [1.29, 1.82) is 0 Å². The van der Waals surface area contributed by atoms with Crippen molar-refractivity contribution in [3.05, 3.63) is 144 Å². The molecule has 2 aliphatic heterocycles. The molecule has 292 valence electrons. The average molecular weight is 778 g/mol. The van der Waals surface area contributed by atoms with E-state index in [-0.39, 0.29) is 23.0 Å². The molecule has 0 bridgehead atoms. The van der Waals surface area contributed by atoms with Gasteiger partial charge in [-0.15, -0.1) is 0 Å². The van der Waals surface area contributed by atoms with Crippen LogP contribution >= 0.6 is 0 Å². The molecule has 12 rings (SSSR count). The molecule has 0 aliphatic carbocycles. The van der Waals surface area contributed by atoms with Gasteiger partial charge in [0.1, 0.15) is 17.1 Å².